The minimum absolute atomic E-state index is 0.194. The molecule has 0 amide bonds. The van der Waals surface area contributed by atoms with Gasteiger partial charge >= 0.3 is 0 Å². The van der Waals surface area contributed by atoms with E-state index >= 15 is 0 Å². The second-order valence-electron chi connectivity index (χ2n) is 10.3. The number of nitrogens with zero attached hydrogens (tertiary/aromatic N) is 1. The van der Waals surface area contributed by atoms with Crippen LogP contribution < -0.4 is 11.1 Å². The van der Waals surface area contributed by atoms with Crippen LogP contribution in [0.4, 0.5) is 0 Å². The highest BCUT2D eigenvalue weighted by Crippen LogP contribution is 2.31. The topological polar surface area (TPSA) is 316 Å². The van der Waals surface area contributed by atoms with Gasteiger partial charge < -0.3 is 80.5 Å². The van der Waals surface area contributed by atoms with Crippen LogP contribution in [0.2, 0.25) is 0 Å². The van der Waals surface area contributed by atoms with E-state index in [1.54, 1.807) is 0 Å². The largest absolute Gasteiger partial charge is 0.394 e. The van der Waals surface area contributed by atoms with Crippen molar-refractivity contribution in [2.24, 2.45) is 10.9 Å². The highest BCUT2D eigenvalue weighted by atomic mass is 16.7. The number of aliphatic hydroxyl groups excluding tert-OH is 10. The molecule has 19 heteroatoms. The summed E-state index contributed by atoms with van der Waals surface area (Å²) in [4.78, 5) is 11.2. The summed E-state index contributed by atoms with van der Waals surface area (Å²) in [6, 6.07) is -2.44. The van der Waals surface area contributed by atoms with Crippen molar-refractivity contribution >= 4 is 0 Å². The van der Waals surface area contributed by atoms with Crippen molar-refractivity contribution in [2.45, 2.75) is 118 Å². The van der Waals surface area contributed by atoms with Crippen LogP contribution in [0.15, 0.2) is 5.18 Å². The predicted molar refractivity (Wildman–Crippen MR) is 130 cm³/mol. The Labute approximate surface area is 233 Å². The summed E-state index contributed by atoms with van der Waals surface area (Å²) < 4.78 is 27.7. The fourth-order valence-electron chi connectivity index (χ4n) is 4.96. The van der Waals surface area contributed by atoms with Gasteiger partial charge in [-0.05, 0) is 12.1 Å². The Morgan fingerprint density at radius 2 is 1.66 bits per heavy atom. The Morgan fingerprint density at radius 1 is 0.976 bits per heavy atom. The van der Waals surface area contributed by atoms with E-state index in [0.717, 1.165) is 0 Å². The van der Waals surface area contributed by atoms with Crippen LogP contribution in [0.1, 0.15) is 13.3 Å². The fraction of sp³-hybridized carbons (Fsp3) is 1.00. The highest BCUT2D eigenvalue weighted by Gasteiger charge is 2.52. The summed E-state index contributed by atoms with van der Waals surface area (Å²) in [5, 5.41) is 106. The molecule has 3 fully saturated rings. The van der Waals surface area contributed by atoms with E-state index in [0.29, 0.717) is 0 Å². The molecule has 0 aromatic rings. The highest BCUT2D eigenvalue weighted by molar-refractivity contribution is 4.98. The van der Waals surface area contributed by atoms with Crippen LogP contribution in [-0.2, 0) is 23.7 Å². The average molecular weight is 604 g/mol. The average Bonchev–Trinajstić information content (AvgIpc) is 2.95. The summed E-state index contributed by atoms with van der Waals surface area (Å²) in [5.41, 5.74) is 5.85. The van der Waals surface area contributed by atoms with Crippen LogP contribution in [0, 0.1) is 4.91 Å². The molecule has 0 aliphatic carbocycles. The van der Waals surface area contributed by atoms with Crippen molar-refractivity contribution in [1.82, 2.24) is 5.32 Å². The lowest BCUT2D eigenvalue weighted by Crippen LogP contribution is -2.67. The number of hydrogen-bond donors (Lipinski definition) is 12. The van der Waals surface area contributed by atoms with Crippen molar-refractivity contribution in [3.63, 3.8) is 0 Å². The molecule has 3 saturated heterocycles. The van der Waals surface area contributed by atoms with Gasteiger partial charge in [0, 0.05) is 6.42 Å². The molecule has 240 valence electrons. The first kappa shape index (κ1) is 34.4. The van der Waals surface area contributed by atoms with E-state index in [-0.39, 0.29) is 6.42 Å². The van der Waals surface area contributed by atoms with Crippen molar-refractivity contribution in [1.29, 1.82) is 0 Å². The molecule has 0 radical (unpaired) electrons. The molecule has 0 aromatic carbocycles. The molecule has 0 spiro atoms. The molecule has 13 N–H and O–H groups in total. The van der Waals surface area contributed by atoms with Crippen LogP contribution in [-0.4, -0.2) is 175 Å². The molecule has 17 atom stereocenters. The zero-order chi connectivity index (χ0) is 30.6. The molecular weight excluding hydrogens is 562 g/mol. The van der Waals surface area contributed by atoms with Crippen LogP contribution >= 0.6 is 0 Å². The molecule has 3 aliphatic rings. The molecule has 3 rings (SSSR count). The van der Waals surface area contributed by atoms with Gasteiger partial charge in [-0.15, -0.1) is 4.91 Å². The quantitative estimate of drug-likeness (QED) is 0.0728. The summed E-state index contributed by atoms with van der Waals surface area (Å²) in [7, 11) is 0. The van der Waals surface area contributed by atoms with E-state index in [1.165, 1.54) is 6.92 Å². The number of nitrogens with one attached hydrogen (secondary N) is 1. The number of hydrogen-bond acceptors (Lipinski definition) is 19. The lowest BCUT2D eigenvalue weighted by Gasteiger charge is -2.46. The van der Waals surface area contributed by atoms with Crippen LogP contribution in [0.3, 0.4) is 0 Å². The number of aliphatic hydroxyl groups is 10. The van der Waals surface area contributed by atoms with Gasteiger partial charge in [0.1, 0.15) is 67.3 Å². The predicted octanol–water partition coefficient (Wildman–Crippen LogP) is -7.15. The smallest absolute Gasteiger partial charge is 0.208 e. The third-order valence-corrected chi connectivity index (χ3v) is 7.30. The first-order valence-corrected chi connectivity index (χ1v) is 13.1. The van der Waals surface area contributed by atoms with Crippen molar-refractivity contribution < 1.29 is 74.7 Å². The Balaban J connectivity index is 1.69. The maximum atomic E-state index is 11.2. The van der Waals surface area contributed by atoms with Crippen LogP contribution in [0.25, 0.3) is 0 Å². The van der Waals surface area contributed by atoms with Gasteiger partial charge in [-0.1, -0.05) is 0 Å². The molecule has 0 aromatic heterocycles. The van der Waals surface area contributed by atoms with Gasteiger partial charge in [-0.2, -0.15) is 0 Å². The Kier molecular flexibility index (Phi) is 12.7. The minimum Gasteiger partial charge on any atom is -0.394 e. The molecule has 41 heavy (non-hydrogen) atoms. The number of nitroso groups, excluding NO2 is 1. The summed E-state index contributed by atoms with van der Waals surface area (Å²) in [6.07, 6.45) is -23.2. The maximum Gasteiger partial charge on any atom is 0.208 e. The van der Waals surface area contributed by atoms with Crippen molar-refractivity contribution in [3.05, 3.63) is 4.91 Å². The lowest BCUT2D eigenvalue weighted by atomic mass is 9.93. The van der Waals surface area contributed by atoms with E-state index in [4.69, 9.17) is 34.5 Å². The zero-order valence-electron chi connectivity index (χ0n) is 22.1. The van der Waals surface area contributed by atoms with E-state index in [9.17, 15) is 50.9 Å². The normalized spacial score (nSPS) is 46.0. The lowest BCUT2D eigenvalue weighted by molar-refractivity contribution is -0.343. The Morgan fingerprint density at radius 3 is 2.24 bits per heavy atom. The van der Waals surface area contributed by atoms with E-state index < -0.39 is 124 Å². The number of ether oxygens (including phenoxy) is 5. The summed E-state index contributed by atoms with van der Waals surface area (Å²) in [6.45, 7) is -0.797. The Bertz CT molecular complexity index is 817. The number of rotatable bonds is 12. The molecule has 0 saturated carbocycles. The third-order valence-electron chi connectivity index (χ3n) is 7.30. The molecule has 19 nitrogen and oxygen atoms in total. The van der Waals surface area contributed by atoms with E-state index in [2.05, 4.69) is 10.5 Å². The number of nitrogens with two attached hydrogens (primary N) is 1. The maximum absolute atomic E-state index is 11.2. The Hall–Kier alpha value is -1.08. The van der Waals surface area contributed by atoms with Gasteiger partial charge in [0.15, 0.2) is 12.6 Å². The first-order chi connectivity index (χ1) is 19.3. The second kappa shape index (κ2) is 15.1. The summed E-state index contributed by atoms with van der Waals surface area (Å²) >= 11 is 0. The second-order valence-corrected chi connectivity index (χ2v) is 10.3. The minimum atomic E-state index is -1.87. The molecular formula is C22H41N3O16. The molecule has 3 heterocycles. The standard InChI is InChI=1S/C22H41N3O16/c1-6(28)24-13-16(33)19(9(4-27)38-21(13)25-36)41-22-18(35)17(34)15(32)10(39-22)5-37-11-2-7(29)12(23)20(40-11)14(31)8(30)3-26/h6-22,24,26-35H,2-5,23H2,1H3/t6?,7?,8?,9?,10?,11-,12+,13?,14?,15-,16?,17?,18?,19+,20?,21+,22-/m0/s1. The van der Waals surface area contributed by atoms with Crippen LogP contribution in [0.5, 0.6) is 0 Å². The van der Waals surface area contributed by atoms with Gasteiger partial charge in [0.25, 0.3) is 0 Å². The fourth-order valence-corrected chi connectivity index (χ4v) is 4.96. The van der Waals surface area contributed by atoms with E-state index in [1.807, 2.05) is 0 Å². The van der Waals surface area contributed by atoms with Crippen molar-refractivity contribution in [2.75, 3.05) is 19.8 Å². The molecule has 0 bridgehead atoms. The third kappa shape index (κ3) is 7.91. The molecule has 3 aliphatic heterocycles. The summed E-state index contributed by atoms with van der Waals surface area (Å²) in [5.74, 6) is 0. The van der Waals surface area contributed by atoms with Gasteiger partial charge in [-0.3, -0.25) is 5.32 Å². The van der Waals surface area contributed by atoms with Crippen molar-refractivity contribution in [3.8, 4) is 0 Å². The zero-order valence-corrected chi connectivity index (χ0v) is 22.1. The molecule has 11 unspecified atom stereocenters. The van der Waals surface area contributed by atoms with Gasteiger partial charge in [-0.25, -0.2) is 0 Å². The monoisotopic (exact) mass is 603 g/mol. The van der Waals surface area contributed by atoms with Gasteiger partial charge in [0.2, 0.25) is 6.23 Å². The van der Waals surface area contributed by atoms with Gasteiger partial charge in [0.05, 0.1) is 38.0 Å². The first-order valence-electron chi connectivity index (χ1n) is 13.1. The SMILES string of the molecule is CC(O)NC1C(O)[C@H](O[C@@H]2OC(CO[C@@H]3CC(O)[C@@H](N)C(C(O)C(O)CO)O3)[C@H](O)C(O)C2O)C(CO)O[C@H]1N=O.